The summed E-state index contributed by atoms with van der Waals surface area (Å²) in [7, 11) is -3.23. The number of nitrogens with one attached hydrogen (secondary N) is 1. The summed E-state index contributed by atoms with van der Waals surface area (Å²) in [6.45, 7) is 3.33. The van der Waals surface area contributed by atoms with E-state index in [-0.39, 0.29) is 17.8 Å². The van der Waals surface area contributed by atoms with Crippen molar-refractivity contribution in [2.45, 2.75) is 17.1 Å². The molecule has 7 heteroatoms. The van der Waals surface area contributed by atoms with E-state index in [1.807, 2.05) is 5.38 Å². The maximum Gasteiger partial charge on any atom is 0.252 e. The zero-order chi connectivity index (χ0) is 11.9. The Morgan fingerprint density at radius 1 is 1.39 bits per heavy atom. The molecular formula is C11H17ClN2O2S2. The monoisotopic (exact) mass is 308 g/mol. The van der Waals surface area contributed by atoms with Crippen LogP contribution in [-0.4, -0.2) is 38.9 Å². The minimum Gasteiger partial charge on any atom is -0.316 e. The Bertz CT molecular complexity index is 495. The van der Waals surface area contributed by atoms with E-state index in [2.05, 4.69) is 5.32 Å². The molecular weight excluding hydrogens is 292 g/mol. The highest BCUT2D eigenvalue weighted by Gasteiger charge is 2.44. The second kappa shape index (κ2) is 5.09. The van der Waals surface area contributed by atoms with E-state index in [0.717, 1.165) is 25.9 Å². The van der Waals surface area contributed by atoms with Gasteiger partial charge in [0.2, 0.25) is 0 Å². The molecule has 18 heavy (non-hydrogen) atoms. The summed E-state index contributed by atoms with van der Waals surface area (Å²) in [5.41, 5.74) is 0.199. The third kappa shape index (κ3) is 2.32. The fourth-order valence-corrected chi connectivity index (χ4v) is 5.48. The number of halogens is 1. The Hall–Kier alpha value is -0.140. The van der Waals surface area contributed by atoms with Crippen LogP contribution in [0, 0.1) is 5.41 Å². The molecule has 2 saturated heterocycles. The van der Waals surface area contributed by atoms with E-state index in [9.17, 15) is 8.42 Å². The first-order valence-corrected chi connectivity index (χ1v) is 8.19. The molecule has 2 aliphatic heterocycles. The van der Waals surface area contributed by atoms with Crippen LogP contribution in [0.4, 0.5) is 0 Å². The van der Waals surface area contributed by atoms with Gasteiger partial charge in [0.15, 0.2) is 0 Å². The number of nitrogens with zero attached hydrogens (tertiary/aromatic N) is 1. The van der Waals surface area contributed by atoms with Gasteiger partial charge in [-0.3, -0.25) is 0 Å². The van der Waals surface area contributed by atoms with E-state index < -0.39 is 10.0 Å². The molecule has 0 bridgehead atoms. The predicted octanol–water partition coefficient (Wildman–Crippen LogP) is 1.54. The van der Waals surface area contributed by atoms with Gasteiger partial charge in [0.05, 0.1) is 0 Å². The highest BCUT2D eigenvalue weighted by molar-refractivity contribution is 7.91. The Balaban J connectivity index is 0.00000120. The first-order valence-electron chi connectivity index (χ1n) is 5.87. The average Bonchev–Trinajstić information content (AvgIpc) is 3.02. The summed E-state index contributed by atoms with van der Waals surface area (Å²) in [5.74, 6) is 0. The van der Waals surface area contributed by atoms with Crippen LogP contribution < -0.4 is 5.32 Å². The molecule has 0 amide bonds. The summed E-state index contributed by atoms with van der Waals surface area (Å²) in [6, 6.07) is 3.48. The molecule has 0 saturated carbocycles. The Morgan fingerprint density at radius 2 is 2.22 bits per heavy atom. The van der Waals surface area contributed by atoms with Gasteiger partial charge < -0.3 is 5.32 Å². The van der Waals surface area contributed by atoms with Crippen LogP contribution in [0.15, 0.2) is 21.7 Å². The molecule has 1 unspecified atom stereocenters. The Labute approximate surface area is 118 Å². The standard InChI is InChI=1S/C11H16N2O2S2.ClH/c14-17(15,10-2-1-7-16-10)13-6-4-11(9-13)3-5-12-8-11;/h1-2,7,12H,3-6,8-9H2;1H. The third-order valence-electron chi connectivity index (χ3n) is 3.82. The Kier molecular flexibility index (Phi) is 4.04. The van der Waals surface area contributed by atoms with Crippen molar-refractivity contribution in [1.82, 2.24) is 9.62 Å². The van der Waals surface area contributed by atoms with Gasteiger partial charge in [0, 0.05) is 19.6 Å². The maximum absolute atomic E-state index is 12.4. The van der Waals surface area contributed by atoms with Crippen molar-refractivity contribution in [1.29, 1.82) is 0 Å². The molecule has 1 N–H and O–H groups in total. The molecule has 1 spiro atoms. The number of rotatable bonds is 2. The van der Waals surface area contributed by atoms with Crippen LogP contribution >= 0.6 is 23.7 Å². The minimum atomic E-state index is -3.23. The van der Waals surface area contributed by atoms with Gasteiger partial charge in [0.1, 0.15) is 4.21 Å². The van der Waals surface area contributed by atoms with Crippen LogP contribution in [-0.2, 0) is 10.0 Å². The van der Waals surface area contributed by atoms with Gasteiger partial charge in [-0.15, -0.1) is 23.7 Å². The van der Waals surface area contributed by atoms with E-state index in [0.29, 0.717) is 17.3 Å². The first kappa shape index (κ1) is 14.3. The number of sulfonamides is 1. The molecule has 0 aliphatic carbocycles. The quantitative estimate of drug-likeness (QED) is 0.902. The highest BCUT2D eigenvalue weighted by Crippen LogP contribution is 2.38. The largest absolute Gasteiger partial charge is 0.316 e. The second-order valence-electron chi connectivity index (χ2n) is 4.95. The molecule has 1 aromatic rings. The number of hydrogen-bond acceptors (Lipinski definition) is 4. The molecule has 3 rings (SSSR count). The maximum atomic E-state index is 12.4. The van der Waals surface area contributed by atoms with Crippen LogP contribution in [0.5, 0.6) is 0 Å². The smallest absolute Gasteiger partial charge is 0.252 e. The van der Waals surface area contributed by atoms with Gasteiger partial charge in [-0.1, -0.05) is 6.07 Å². The summed E-state index contributed by atoms with van der Waals surface area (Å²) >= 11 is 1.30. The van der Waals surface area contributed by atoms with Crippen molar-refractivity contribution in [3.05, 3.63) is 17.5 Å². The fourth-order valence-electron chi connectivity index (χ4n) is 2.78. The molecule has 2 aliphatic rings. The van der Waals surface area contributed by atoms with E-state index in [4.69, 9.17) is 0 Å². The lowest BCUT2D eigenvalue weighted by Gasteiger charge is -2.22. The summed E-state index contributed by atoms with van der Waals surface area (Å²) in [5, 5.41) is 5.16. The highest BCUT2D eigenvalue weighted by atomic mass is 35.5. The number of hydrogen-bond donors (Lipinski definition) is 1. The average molecular weight is 309 g/mol. The summed E-state index contributed by atoms with van der Waals surface area (Å²) in [6.07, 6.45) is 2.09. The lowest BCUT2D eigenvalue weighted by atomic mass is 9.87. The van der Waals surface area contributed by atoms with E-state index in [1.54, 1.807) is 16.4 Å². The van der Waals surface area contributed by atoms with Gasteiger partial charge in [-0.2, -0.15) is 4.31 Å². The summed E-state index contributed by atoms with van der Waals surface area (Å²) in [4.78, 5) is 0. The normalized spacial score (nSPS) is 28.7. The lowest BCUT2D eigenvalue weighted by Crippen LogP contribution is -2.32. The van der Waals surface area contributed by atoms with Crippen molar-refractivity contribution >= 4 is 33.8 Å². The van der Waals surface area contributed by atoms with Crippen LogP contribution in [0.2, 0.25) is 0 Å². The molecule has 3 heterocycles. The van der Waals surface area contributed by atoms with Gasteiger partial charge in [-0.05, 0) is 36.2 Å². The third-order valence-corrected chi connectivity index (χ3v) is 7.04. The molecule has 4 nitrogen and oxygen atoms in total. The topological polar surface area (TPSA) is 49.4 Å². The predicted molar refractivity (Wildman–Crippen MR) is 74.9 cm³/mol. The lowest BCUT2D eigenvalue weighted by molar-refractivity contribution is 0.338. The van der Waals surface area contributed by atoms with Gasteiger partial charge >= 0.3 is 0 Å². The van der Waals surface area contributed by atoms with E-state index in [1.165, 1.54) is 11.3 Å². The van der Waals surface area contributed by atoms with Crippen LogP contribution in [0.3, 0.4) is 0 Å². The molecule has 102 valence electrons. The van der Waals surface area contributed by atoms with Gasteiger partial charge in [0.25, 0.3) is 10.0 Å². The van der Waals surface area contributed by atoms with Crippen LogP contribution in [0.1, 0.15) is 12.8 Å². The number of thiophene rings is 1. The van der Waals surface area contributed by atoms with Gasteiger partial charge in [-0.25, -0.2) is 8.42 Å². The van der Waals surface area contributed by atoms with Crippen molar-refractivity contribution in [3.8, 4) is 0 Å². The van der Waals surface area contributed by atoms with E-state index >= 15 is 0 Å². The van der Waals surface area contributed by atoms with Crippen molar-refractivity contribution < 1.29 is 8.42 Å². The molecule has 2 fully saturated rings. The molecule has 0 aromatic carbocycles. The zero-order valence-corrected chi connectivity index (χ0v) is 12.4. The zero-order valence-electron chi connectivity index (χ0n) is 9.96. The molecule has 1 aromatic heterocycles. The SMILES string of the molecule is Cl.O=S(=O)(c1cccs1)N1CCC2(CCNC2)C1. The minimum absolute atomic E-state index is 0. The Morgan fingerprint density at radius 3 is 2.83 bits per heavy atom. The summed E-state index contributed by atoms with van der Waals surface area (Å²) < 4.78 is 26.8. The second-order valence-corrected chi connectivity index (χ2v) is 8.06. The first-order chi connectivity index (χ1) is 8.12. The molecule has 1 atom stereocenters. The van der Waals surface area contributed by atoms with Crippen molar-refractivity contribution in [2.75, 3.05) is 26.2 Å². The van der Waals surface area contributed by atoms with Crippen molar-refractivity contribution in [2.24, 2.45) is 5.41 Å². The molecule has 0 radical (unpaired) electrons. The van der Waals surface area contributed by atoms with Crippen molar-refractivity contribution in [3.63, 3.8) is 0 Å². The fraction of sp³-hybridized carbons (Fsp3) is 0.636. The van der Waals surface area contributed by atoms with Crippen LogP contribution in [0.25, 0.3) is 0 Å².